The minimum Gasteiger partial charge on any atom is -0.334 e. The predicted molar refractivity (Wildman–Crippen MR) is 87.3 cm³/mol. The maximum absolute atomic E-state index is 12.0. The number of amides is 2. The lowest BCUT2D eigenvalue weighted by Crippen LogP contribution is -2.50. The standard InChI is InChI=1S/C15H33N5O/c1-11(7-16)9-20-10-12(6-13(20)8-17-5)18-14(21)19-15(2,3)4/h11-13,17H,6-10,16H2,1-5H3,(H2,18,19,21)/t11-,12+,13-/m0/s1. The Bertz CT molecular complexity index is 329. The van der Waals surface area contributed by atoms with Crippen molar-refractivity contribution in [1.29, 1.82) is 0 Å². The van der Waals surface area contributed by atoms with E-state index in [1.54, 1.807) is 0 Å². The monoisotopic (exact) mass is 299 g/mol. The van der Waals surface area contributed by atoms with Gasteiger partial charge in [-0.05, 0) is 46.7 Å². The second-order valence-electron chi connectivity index (χ2n) is 7.29. The summed E-state index contributed by atoms with van der Waals surface area (Å²) in [6.45, 7) is 11.7. The zero-order chi connectivity index (χ0) is 16.0. The molecule has 1 aliphatic heterocycles. The van der Waals surface area contributed by atoms with E-state index in [0.717, 1.165) is 26.1 Å². The molecule has 21 heavy (non-hydrogen) atoms. The second kappa shape index (κ2) is 7.96. The molecule has 1 aliphatic rings. The lowest BCUT2D eigenvalue weighted by Gasteiger charge is -2.26. The largest absolute Gasteiger partial charge is 0.334 e. The Kier molecular flexibility index (Phi) is 6.90. The van der Waals surface area contributed by atoms with E-state index in [1.165, 1.54) is 0 Å². The molecule has 0 unspecified atom stereocenters. The average Bonchev–Trinajstić information content (AvgIpc) is 2.68. The molecule has 1 fully saturated rings. The van der Waals surface area contributed by atoms with Crippen molar-refractivity contribution in [1.82, 2.24) is 20.9 Å². The van der Waals surface area contributed by atoms with Gasteiger partial charge in [0.25, 0.3) is 0 Å². The molecule has 0 bridgehead atoms. The molecule has 1 rings (SSSR count). The summed E-state index contributed by atoms with van der Waals surface area (Å²) in [4.78, 5) is 14.4. The van der Waals surface area contributed by atoms with Gasteiger partial charge in [-0.2, -0.15) is 0 Å². The van der Waals surface area contributed by atoms with Crippen LogP contribution in [0.2, 0.25) is 0 Å². The Labute approximate surface area is 129 Å². The zero-order valence-corrected chi connectivity index (χ0v) is 14.2. The molecule has 1 heterocycles. The van der Waals surface area contributed by atoms with Gasteiger partial charge in [0.1, 0.15) is 0 Å². The number of hydrogen-bond acceptors (Lipinski definition) is 4. The molecule has 5 N–H and O–H groups in total. The van der Waals surface area contributed by atoms with E-state index in [4.69, 9.17) is 5.73 Å². The van der Waals surface area contributed by atoms with Crippen LogP contribution in [-0.2, 0) is 0 Å². The molecule has 3 atom stereocenters. The summed E-state index contributed by atoms with van der Waals surface area (Å²) in [6.07, 6.45) is 0.982. The van der Waals surface area contributed by atoms with Gasteiger partial charge in [-0.25, -0.2) is 4.79 Å². The Balaban J connectivity index is 2.52. The van der Waals surface area contributed by atoms with Gasteiger partial charge in [0.15, 0.2) is 0 Å². The number of carbonyl (C=O) groups is 1. The van der Waals surface area contributed by atoms with Gasteiger partial charge in [0, 0.05) is 37.3 Å². The van der Waals surface area contributed by atoms with Crippen molar-refractivity contribution in [3.05, 3.63) is 0 Å². The van der Waals surface area contributed by atoms with Crippen molar-refractivity contribution in [3.8, 4) is 0 Å². The van der Waals surface area contributed by atoms with Crippen LogP contribution < -0.4 is 21.7 Å². The first kappa shape index (κ1) is 18.2. The Morgan fingerprint density at radius 1 is 1.43 bits per heavy atom. The molecule has 0 spiro atoms. The molecule has 0 aromatic carbocycles. The van der Waals surface area contributed by atoms with E-state index >= 15 is 0 Å². The number of nitrogens with one attached hydrogen (secondary N) is 3. The van der Waals surface area contributed by atoms with Gasteiger partial charge in [-0.3, -0.25) is 4.90 Å². The summed E-state index contributed by atoms with van der Waals surface area (Å²) >= 11 is 0. The van der Waals surface area contributed by atoms with Crippen LogP contribution in [0.4, 0.5) is 4.79 Å². The Hall–Kier alpha value is -0.850. The molecule has 1 saturated heterocycles. The van der Waals surface area contributed by atoms with Crippen molar-refractivity contribution in [2.24, 2.45) is 11.7 Å². The summed E-state index contributed by atoms with van der Waals surface area (Å²) in [6, 6.07) is 0.587. The Morgan fingerprint density at radius 3 is 2.62 bits per heavy atom. The van der Waals surface area contributed by atoms with E-state index in [-0.39, 0.29) is 17.6 Å². The van der Waals surface area contributed by atoms with Gasteiger partial charge in [-0.15, -0.1) is 0 Å². The van der Waals surface area contributed by atoms with Crippen molar-refractivity contribution in [2.45, 2.75) is 51.7 Å². The van der Waals surface area contributed by atoms with Crippen LogP contribution >= 0.6 is 0 Å². The van der Waals surface area contributed by atoms with Crippen LogP contribution in [0.15, 0.2) is 0 Å². The van der Waals surface area contributed by atoms with Gasteiger partial charge >= 0.3 is 6.03 Å². The van der Waals surface area contributed by atoms with E-state index in [2.05, 4.69) is 27.8 Å². The summed E-state index contributed by atoms with van der Waals surface area (Å²) < 4.78 is 0. The number of nitrogens with two attached hydrogens (primary N) is 1. The number of carbonyl (C=O) groups excluding carboxylic acids is 1. The number of likely N-dealkylation sites (N-methyl/N-ethyl adjacent to an activating group) is 1. The van der Waals surface area contributed by atoms with Gasteiger partial charge in [0.2, 0.25) is 0 Å². The molecule has 0 aromatic heterocycles. The number of urea groups is 1. The zero-order valence-electron chi connectivity index (χ0n) is 14.2. The highest BCUT2D eigenvalue weighted by Crippen LogP contribution is 2.19. The third kappa shape index (κ3) is 6.63. The molecular weight excluding hydrogens is 266 g/mol. The molecule has 6 nitrogen and oxygen atoms in total. The second-order valence-corrected chi connectivity index (χ2v) is 7.29. The highest BCUT2D eigenvalue weighted by Gasteiger charge is 2.33. The molecule has 2 amide bonds. The van der Waals surface area contributed by atoms with Crippen LogP contribution in [0.5, 0.6) is 0 Å². The van der Waals surface area contributed by atoms with Crippen molar-refractivity contribution >= 4 is 6.03 Å². The number of rotatable bonds is 6. The average molecular weight is 299 g/mol. The van der Waals surface area contributed by atoms with E-state index in [1.807, 2.05) is 27.8 Å². The first-order valence-electron chi connectivity index (χ1n) is 7.92. The topological polar surface area (TPSA) is 82.4 Å². The van der Waals surface area contributed by atoms with Crippen LogP contribution in [0.3, 0.4) is 0 Å². The van der Waals surface area contributed by atoms with Gasteiger partial charge in [0.05, 0.1) is 0 Å². The fourth-order valence-electron chi connectivity index (χ4n) is 2.80. The van der Waals surface area contributed by atoms with Gasteiger partial charge in [-0.1, -0.05) is 6.92 Å². The predicted octanol–water partition coefficient (Wildman–Crippen LogP) is 0.341. The minimum absolute atomic E-state index is 0.0792. The smallest absolute Gasteiger partial charge is 0.315 e. The quantitative estimate of drug-likeness (QED) is 0.570. The normalized spacial score (nSPS) is 24.9. The van der Waals surface area contributed by atoms with Crippen LogP contribution in [0.1, 0.15) is 34.1 Å². The number of nitrogens with zero attached hydrogens (tertiary/aromatic N) is 1. The van der Waals surface area contributed by atoms with Crippen molar-refractivity contribution in [3.63, 3.8) is 0 Å². The highest BCUT2D eigenvalue weighted by molar-refractivity contribution is 5.75. The van der Waals surface area contributed by atoms with Crippen LogP contribution in [0.25, 0.3) is 0 Å². The van der Waals surface area contributed by atoms with Crippen LogP contribution in [0, 0.1) is 5.92 Å². The molecule has 0 aromatic rings. The third-order valence-corrected chi connectivity index (χ3v) is 3.74. The first-order valence-corrected chi connectivity index (χ1v) is 7.92. The fraction of sp³-hybridized carbons (Fsp3) is 0.933. The molecule has 0 aliphatic carbocycles. The summed E-state index contributed by atoms with van der Waals surface area (Å²) in [5.74, 6) is 0.478. The maximum atomic E-state index is 12.0. The maximum Gasteiger partial charge on any atom is 0.315 e. The highest BCUT2D eigenvalue weighted by atomic mass is 16.2. The van der Waals surface area contributed by atoms with Crippen LogP contribution in [-0.4, -0.2) is 61.8 Å². The lowest BCUT2D eigenvalue weighted by atomic mass is 10.1. The van der Waals surface area contributed by atoms with E-state index in [0.29, 0.717) is 18.5 Å². The number of hydrogen-bond donors (Lipinski definition) is 4. The summed E-state index contributed by atoms with van der Waals surface area (Å²) in [5.41, 5.74) is 5.52. The van der Waals surface area contributed by atoms with Gasteiger partial charge < -0.3 is 21.7 Å². The van der Waals surface area contributed by atoms with E-state index < -0.39 is 0 Å². The lowest BCUT2D eigenvalue weighted by molar-refractivity contribution is 0.215. The SMILES string of the molecule is CNC[C@@H]1C[C@@H](NC(=O)NC(C)(C)C)CN1C[C@@H](C)CN. The molecule has 124 valence electrons. The fourth-order valence-corrected chi connectivity index (χ4v) is 2.80. The molecule has 0 saturated carbocycles. The van der Waals surface area contributed by atoms with Crippen molar-refractivity contribution < 1.29 is 4.79 Å². The minimum atomic E-state index is -0.208. The number of likely N-dealkylation sites (tertiary alicyclic amines) is 1. The third-order valence-electron chi connectivity index (χ3n) is 3.74. The Morgan fingerprint density at radius 2 is 2.10 bits per heavy atom. The molecule has 6 heteroatoms. The summed E-state index contributed by atoms with van der Waals surface area (Å²) in [5, 5.41) is 9.29. The van der Waals surface area contributed by atoms with E-state index in [9.17, 15) is 4.79 Å². The molecule has 0 radical (unpaired) electrons. The first-order chi connectivity index (χ1) is 9.75. The molecular formula is C15H33N5O. The summed E-state index contributed by atoms with van der Waals surface area (Å²) in [7, 11) is 1.97. The van der Waals surface area contributed by atoms with Crippen molar-refractivity contribution in [2.75, 3.05) is 33.2 Å².